The van der Waals surface area contributed by atoms with Gasteiger partial charge in [-0.25, -0.2) is 4.98 Å². The minimum Gasteiger partial charge on any atom is -0.472 e. The number of hydrogen-bond acceptors (Lipinski definition) is 4. The molecule has 3 aromatic rings. The average Bonchev–Trinajstić information content (AvgIpc) is 3.07. The highest BCUT2D eigenvalue weighted by Gasteiger charge is 2.07. The standard InChI is InChI=1S/C14H12N2O2S/c17-14(10-6-8-18-9-10)15-7-5-13-16-11-3-1-2-4-12(11)19-13/h1-4,6,8-9H,5,7H2,(H,15,17). The zero-order chi connectivity index (χ0) is 13.1. The zero-order valence-corrected chi connectivity index (χ0v) is 10.9. The first-order valence-electron chi connectivity index (χ1n) is 5.98. The summed E-state index contributed by atoms with van der Waals surface area (Å²) in [6, 6.07) is 9.68. The summed E-state index contributed by atoms with van der Waals surface area (Å²) in [4.78, 5) is 16.2. The molecule has 0 aliphatic carbocycles. The van der Waals surface area contributed by atoms with Crippen molar-refractivity contribution < 1.29 is 9.21 Å². The van der Waals surface area contributed by atoms with Crippen LogP contribution in [0.15, 0.2) is 47.3 Å². The maximum Gasteiger partial charge on any atom is 0.254 e. The Balaban J connectivity index is 1.59. The smallest absolute Gasteiger partial charge is 0.254 e. The fraction of sp³-hybridized carbons (Fsp3) is 0.143. The van der Waals surface area contributed by atoms with Gasteiger partial charge in [-0.15, -0.1) is 11.3 Å². The summed E-state index contributed by atoms with van der Waals surface area (Å²) in [6.07, 6.45) is 3.67. The van der Waals surface area contributed by atoms with Crippen LogP contribution in [0.5, 0.6) is 0 Å². The van der Waals surface area contributed by atoms with Gasteiger partial charge in [-0.3, -0.25) is 4.79 Å². The fourth-order valence-electron chi connectivity index (χ4n) is 1.81. The fourth-order valence-corrected chi connectivity index (χ4v) is 2.77. The van der Waals surface area contributed by atoms with E-state index in [2.05, 4.69) is 16.4 Å². The van der Waals surface area contributed by atoms with E-state index < -0.39 is 0 Å². The number of thiazole rings is 1. The Hall–Kier alpha value is -2.14. The number of benzene rings is 1. The Kier molecular flexibility index (Phi) is 3.29. The molecule has 0 radical (unpaired) electrons. The molecule has 0 aliphatic heterocycles. The number of para-hydroxylation sites is 1. The van der Waals surface area contributed by atoms with Crippen LogP contribution in [-0.4, -0.2) is 17.4 Å². The number of rotatable bonds is 4. The van der Waals surface area contributed by atoms with Crippen LogP contribution in [0.4, 0.5) is 0 Å². The molecule has 0 atom stereocenters. The van der Waals surface area contributed by atoms with Crippen molar-refractivity contribution in [3.05, 3.63) is 53.4 Å². The third kappa shape index (κ3) is 2.66. The maximum atomic E-state index is 11.7. The SMILES string of the molecule is O=C(NCCc1nc2ccccc2s1)c1ccoc1. The van der Waals surface area contributed by atoms with Crippen molar-refractivity contribution in [3.8, 4) is 0 Å². The van der Waals surface area contributed by atoms with E-state index >= 15 is 0 Å². The van der Waals surface area contributed by atoms with Crippen LogP contribution in [0.25, 0.3) is 10.2 Å². The minimum absolute atomic E-state index is 0.116. The van der Waals surface area contributed by atoms with Gasteiger partial charge in [0, 0.05) is 13.0 Å². The summed E-state index contributed by atoms with van der Waals surface area (Å²) in [5.74, 6) is -0.116. The summed E-state index contributed by atoms with van der Waals surface area (Å²) in [6.45, 7) is 0.573. The van der Waals surface area contributed by atoms with E-state index in [1.54, 1.807) is 17.4 Å². The first-order valence-corrected chi connectivity index (χ1v) is 6.79. The molecule has 5 heteroatoms. The molecule has 96 valence electrons. The molecular formula is C14H12N2O2S. The first kappa shape index (κ1) is 11.9. The van der Waals surface area contributed by atoms with Crippen LogP contribution in [0.3, 0.4) is 0 Å². The Morgan fingerprint density at radius 3 is 3.00 bits per heavy atom. The van der Waals surface area contributed by atoms with E-state index in [-0.39, 0.29) is 5.91 Å². The van der Waals surface area contributed by atoms with Gasteiger partial charge in [0.05, 0.1) is 27.1 Å². The minimum atomic E-state index is -0.116. The quantitative estimate of drug-likeness (QED) is 0.794. The molecule has 0 aliphatic rings. The predicted molar refractivity (Wildman–Crippen MR) is 74.4 cm³/mol. The van der Waals surface area contributed by atoms with E-state index in [1.165, 1.54) is 17.2 Å². The molecule has 0 fully saturated rings. The number of carbonyl (C=O) groups excluding carboxylic acids is 1. The summed E-state index contributed by atoms with van der Waals surface area (Å²) < 4.78 is 6.05. The lowest BCUT2D eigenvalue weighted by molar-refractivity contribution is 0.0953. The van der Waals surface area contributed by atoms with Crippen LogP contribution >= 0.6 is 11.3 Å². The largest absolute Gasteiger partial charge is 0.472 e. The van der Waals surface area contributed by atoms with Gasteiger partial charge in [-0.05, 0) is 18.2 Å². The highest BCUT2D eigenvalue weighted by molar-refractivity contribution is 7.18. The van der Waals surface area contributed by atoms with E-state index in [9.17, 15) is 4.79 Å². The van der Waals surface area contributed by atoms with Gasteiger partial charge in [0.25, 0.3) is 5.91 Å². The zero-order valence-electron chi connectivity index (χ0n) is 10.1. The number of nitrogens with zero attached hydrogens (tertiary/aromatic N) is 1. The molecule has 1 N–H and O–H groups in total. The maximum absolute atomic E-state index is 11.7. The van der Waals surface area contributed by atoms with Gasteiger partial charge >= 0.3 is 0 Å². The van der Waals surface area contributed by atoms with Crippen LogP contribution < -0.4 is 5.32 Å². The molecule has 2 aromatic heterocycles. The van der Waals surface area contributed by atoms with E-state index in [0.717, 1.165) is 16.9 Å². The second kappa shape index (κ2) is 5.24. The molecule has 0 bridgehead atoms. The molecule has 0 unspecified atom stereocenters. The number of hydrogen-bond donors (Lipinski definition) is 1. The number of carbonyl (C=O) groups is 1. The van der Waals surface area contributed by atoms with Crippen molar-refractivity contribution in [1.82, 2.24) is 10.3 Å². The lowest BCUT2D eigenvalue weighted by atomic mass is 10.3. The topological polar surface area (TPSA) is 55.1 Å². The highest BCUT2D eigenvalue weighted by atomic mass is 32.1. The lowest BCUT2D eigenvalue weighted by Gasteiger charge is -2.00. The van der Waals surface area contributed by atoms with E-state index in [4.69, 9.17) is 4.42 Å². The molecule has 1 aromatic carbocycles. The monoisotopic (exact) mass is 272 g/mol. The molecule has 2 heterocycles. The average molecular weight is 272 g/mol. The number of aromatic nitrogens is 1. The Bertz CT molecular complexity index is 655. The summed E-state index contributed by atoms with van der Waals surface area (Å²) in [5.41, 5.74) is 1.56. The summed E-state index contributed by atoms with van der Waals surface area (Å²) >= 11 is 1.67. The Labute approximate surface area is 114 Å². The number of nitrogens with one attached hydrogen (secondary N) is 1. The molecule has 4 nitrogen and oxygen atoms in total. The van der Waals surface area contributed by atoms with Gasteiger partial charge in [0.2, 0.25) is 0 Å². The highest BCUT2D eigenvalue weighted by Crippen LogP contribution is 2.21. The molecule has 0 saturated carbocycles. The van der Waals surface area contributed by atoms with Crippen LogP contribution in [-0.2, 0) is 6.42 Å². The molecule has 3 rings (SSSR count). The van der Waals surface area contributed by atoms with Gasteiger partial charge in [0.15, 0.2) is 0 Å². The Morgan fingerprint density at radius 1 is 1.32 bits per heavy atom. The van der Waals surface area contributed by atoms with Gasteiger partial charge in [-0.1, -0.05) is 12.1 Å². The number of fused-ring (bicyclic) bond motifs is 1. The second-order valence-electron chi connectivity index (χ2n) is 4.09. The normalized spacial score (nSPS) is 10.7. The first-order chi connectivity index (χ1) is 9.33. The van der Waals surface area contributed by atoms with Crippen molar-refractivity contribution in [2.24, 2.45) is 0 Å². The molecule has 19 heavy (non-hydrogen) atoms. The Morgan fingerprint density at radius 2 is 2.21 bits per heavy atom. The summed E-state index contributed by atoms with van der Waals surface area (Å²) in [5, 5.41) is 3.88. The van der Waals surface area contributed by atoms with Crippen LogP contribution in [0, 0.1) is 0 Å². The van der Waals surface area contributed by atoms with Crippen molar-refractivity contribution in [3.63, 3.8) is 0 Å². The molecule has 1 amide bonds. The van der Waals surface area contributed by atoms with Gasteiger partial charge in [0.1, 0.15) is 6.26 Å². The molecular weight excluding hydrogens is 260 g/mol. The lowest BCUT2D eigenvalue weighted by Crippen LogP contribution is -2.25. The van der Waals surface area contributed by atoms with Crippen molar-refractivity contribution in [2.45, 2.75) is 6.42 Å². The van der Waals surface area contributed by atoms with Gasteiger partial charge in [-0.2, -0.15) is 0 Å². The van der Waals surface area contributed by atoms with E-state index in [0.29, 0.717) is 12.1 Å². The van der Waals surface area contributed by atoms with Gasteiger partial charge < -0.3 is 9.73 Å². The third-order valence-corrected chi connectivity index (χ3v) is 3.84. The van der Waals surface area contributed by atoms with Crippen molar-refractivity contribution >= 4 is 27.5 Å². The van der Waals surface area contributed by atoms with Crippen LogP contribution in [0.1, 0.15) is 15.4 Å². The van der Waals surface area contributed by atoms with Crippen LogP contribution in [0.2, 0.25) is 0 Å². The van der Waals surface area contributed by atoms with Crippen molar-refractivity contribution in [1.29, 1.82) is 0 Å². The summed E-state index contributed by atoms with van der Waals surface area (Å²) in [7, 11) is 0. The molecule has 0 saturated heterocycles. The molecule has 0 spiro atoms. The predicted octanol–water partition coefficient (Wildman–Crippen LogP) is 2.86. The van der Waals surface area contributed by atoms with E-state index in [1.807, 2.05) is 18.2 Å². The van der Waals surface area contributed by atoms with Crippen molar-refractivity contribution in [2.75, 3.05) is 6.54 Å². The number of furan rings is 1. The number of amides is 1. The second-order valence-corrected chi connectivity index (χ2v) is 5.21. The third-order valence-electron chi connectivity index (χ3n) is 2.75.